The van der Waals surface area contributed by atoms with Crippen LogP contribution in [0.2, 0.25) is 0 Å². The normalized spacial score (nSPS) is 10.7. The second-order valence-corrected chi connectivity index (χ2v) is 4.41. The summed E-state index contributed by atoms with van der Waals surface area (Å²) in [5.41, 5.74) is 0.275. The second-order valence-electron chi connectivity index (χ2n) is 3.31. The molecule has 0 saturated carbocycles. The fraction of sp³-hybridized carbons (Fsp3) is 0.300. The molecule has 0 saturated heterocycles. The van der Waals surface area contributed by atoms with Gasteiger partial charge in [0.1, 0.15) is 15.9 Å². The third-order valence-electron chi connectivity index (χ3n) is 2.19. The van der Waals surface area contributed by atoms with Crippen molar-refractivity contribution in [3.63, 3.8) is 0 Å². The SMILES string of the molecule is CCOC(=O)Cn1ccc2ncc(I)n2c1=O. The van der Waals surface area contributed by atoms with Gasteiger partial charge in [-0.25, -0.2) is 14.2 Å². The fourth-order valence-corrected chi connectivity index (χ4v) is 2.06. The Kier molecular flexibility index (Phi) is 3.46. The molecule has 0 aliphatic carbocycles. The zero-order valence-corrected chi connectivity index (χ0v) is 11.2. The number of esters is 1. The number of hydrogen-bond donors (Lipinski definition) is 0. The molecule has 2 aromatic rings. The van der Waals surface area contributed by atoms with Crippen molar-refractivity contribution in [2.75, 3.05) is 6.61 Å². The molecule has 17 heavy (non-hydrogen) atoms. The predicted molar refractivity (Wildman–Crippen MR) is 68.8 cm³/mol. The second kappa shape index (κ2) is 4.86. The van der Waals surface area contributed by atoms with Gasteiger partial charge < -0.3 is 4.74 Å². The van der Waals surface area contributed by atoms with Gasteiger partial charge in [-0.05, 0) is 35.6 Å². The zero-order valence-electron chi connectivity index (χ0n) is 9.09. The van der Waals surface area contributed by atoms with Crippen LogP contribution in [0, 0.1) is 3.70 Å². The summed E-state index contributed by atoms with van der Waals surface area (Å²) >= 11 is 2.02. The van der Waals surface area contributed by atoms with Gasteiger partial charge in [-0.15, -0.1) is 0 Å². The Morgan fingerprint density at radius 2 is 2.35 bits per heavy atom. The van der Waals surface area contributed by atoms with Gasteiger partial charge >= 0.3 is 11.7 Å². The average molecular weight is 347 g/mol. The van der Waals surface area contributed by atoms with Gasteiger partial charge in [0.15, 0.2) is 0 Å². The molecule has 90 valence electrons. The van der Waals surface area contributed by atoms with E-state index < -0.39 is 5.97 Å². The van der Waals surface area contributed by atoms with Crippen molar-refractivity contribution in [1.82, 2.24) is 14.0 Å². The van der Waals surface area contributed by atoms with E-state index in [1.54, 1.807) is 19.2 Å². The van der Waals surface area contributed by atoms with Crippen molar-refractivity contribution in [3.05, 3.63) is 32.6 Å². The molecule has 0 aromatic carbocycles. The van der Waals surface area contributed by atoms with Crippen molar-refractivity contribution in [3.8, 4) is 0 Å². The van der Waals surface area contributed by atoms with Gasteiger partial charge in [-0.1, -0.05) is 0 Å². The molecule has 0 spiro atoms. The Bertz CT molecular complexity index is 617. The van der Waals surface area contributed by atoms with Crippen molar-refractivity contribution in [1.29, 1.82) is 0 Å². The molecule has 0 atom stereocenters. The van der Waals surface area contributed by atoms with Crippen molar-refractivity contribution >= 4 is 34.2 Å². The Morgan fingerprint density at radius 1 is 1.59 bits per heavy atom. The van der Waals surface area contributed by atoms with Crippen LogP contribution in [0.15, 0.2) is 23.3 Å². The molecule has 0 bridgehead atoms. The quantitative estimate of drug-likeness (QED) is 0.605. The Balaban J connectivity index is 2.42. The number of rotatable bonds is 3. The van der Waals surface area contributed by atoms with Crippen LogP contribution < -0.4 is 5.69 Å². The van der Waals surface area contributed by atoms with E-state index in [4.69, 9.17) is 4.74 Å². The number of hydrogen-bond acceptors (Lipinski definition) is 4. The summed E-state index contributed by atoms with van der Waals surface area (Å²) in [6.07, 6.45) is 3.14. The van der Waals surface area contributed by atoms with Crippen LogP contribution in [0.4, 0.5) is 0 Å². The van der Waals surface area contributed by atoms with Crippen molar-refractivity contribution in [2.45, 2.75) is 13.5 Å². The number of imidazole rings is 1. The molecule has 2 heterocycles. The molecular formula is C10H10IN3O3. The van der Waals surface area contributed by atoms with Crippen molar-refractivity contribution < 1.29 is 9.53 Å². The highest BCUT2D eigenvalue weighted by atomic mass is 127. The number of halogens is 1. The van der Waals surface area contributed by atoms with Crippen molar-refractivity contribution in [2.24, 2.45) is 0 Å². The summed E-state index contributed by atoms with van der Waals surface area (Å²) in [6.45, 7) is 1.94. The molecular weight excluding hydrogens is 337 g/mol. The lowest BCUT2D eigenvalue weighted by atomic mass is 10.5. The number of nitrogens with zero attached hydrogens (tertiary/aromatic N) is 3. The van der Waals surface area contributed by atoms with E-state index in [-0.39, 0.29) is 12.2 Å². The number of carbonyl (C=O) groups is 1. The summed E-state index contributed by atoms with van der Waals surface area (Å²) in [5, 5.41) is 0. The molecule has 0 unspecified atom stereocenters. The molecule has 0 radical (unpaired) electrons. The third kappa shape index (κ3) is 2.33. The van der Waals surface area contributed by atoms with Crippen LogP contribution in [0.5, 0.6) is 0 Å². The van der Waals surface area contributed by atoms with Gasteiger partial charge in [0.25, 0.3) is 0 Å². The predicted octanol–water partition coefficient (Wildman–Crippen LogP) is 0.664. The summed E-state index contributed by atoms with van der Waals surface area (Å²) < 4.78 is 8.25. The van der Waals surface area contributed by atoms with Gasteiger partial charge in [-0.2, -0.15) is 0 Å². The minimum atomic E-state index is -0.427. The van der Waals surface area contributed by atoms with E-state index >= 15 is 0 Å². The molecule has 0 fully saturated rings. The van der Waals surface area contributed by atoms with E-state index in [9.17, 15) is 9.59 Å². The Hall–Kier alpha value is -1.38. The average Bonchev–Trinajstić information content (AvgIpc) is 2.65. The van der Waals surface area contributed by atoms with E-state index in [0.717, 1.165) is 0 Å². The molecule has 6 nitrogen and oxygen atoms in total. The lowest BCUT2D eigenvalue weighted by molar-refractivity contribution is -0.143. The van der Waals surface area contributed by atoms with Crippen LogP contribution in [0.1, 0.15) is 6.92 Å². The number of carbonyl (C=O) groups excluding carboxylic acids is 1. The molecule has 2 aromatic heterocycles. The summed E-state index contributed by atoms with van der Waals surface area (Å²) in [5.74, 6) is -0.427. The first-order valence-corrected chi connectivity index (χ1v) is 6.09. The summed E-state index contributed by atoms with van der Waals surface area (Å²) in [7, 11) is 0. The lowest BCUT2D eigenvalue weighted by Gasteiger charge is -2.05. The highest BCUT2D eigenvalue weighted by Crippen LogP contribution is 2.05. The van der Waals surface area contributed by atoms with Crippen LogP contribution >= 0.6 is 22.6 Å². The van der Waals surface area contributed by atoms with Gasteiger partial charge in [0.2, 0.25) is 0 Å². The molecule has 2 rings (SSSR count). The Morgan fingerprint density at radius 3 is 3.06 bits per heavy atom. The maximum absolute atomic E-state index is 12.0. The first kappa shape index (κ1) is 12.1. The smallest absolute Gasteiger partial charge is 0.335 e. The monoisotopic (exact) mass is 347 g/mol. The standard InChI is InChI=1S/C10H10IN3O3/c1-2-17-9(15)6-13-4-3-8-12-5-7(11)14(8)10(13)16/h3-5H,2,6H2,1H3. The topological polar surface area (TPSA) is 65.6 Å². The largest absolute Gasteiger partial charge is 0.465 e. The minimum Gasteiger partial charge on any atom is -0.465 e. The maximum Gasteiger partial charge on any atom is 0.335 e. The van der Waals surface area contributed by atoms with E-state index in [1.165, 1.54) is 15.2 Å². The molecule has 0 aliphatic heterocycles. The van der Waals surface area contributed by atoms with Gasteiger partial charge in [0.05, 0.1) is 12.8 Å². The van der Waals surface area contributed by atoms with Crippen LogP contribution in [-0.4, -0.2) is 26.5 Å². The van der Waals surface area contributed by atoms with Crippen LogP contribution in [0.3, 0.4) is 0 Å². The van der Waals surface area contributed by atoms with Crippen LogP contribution in [0.25, 0.3) is 5.65 Å². The third-order valence-corrected chi connectivity index (χ3v) is 2.95. The Labute approximate surface area is 110 Å². The molecule has 7 heteroatoms. The highest BCUT2D eigenvalue weighted by molar-refractivity contribution is 14.1. The van der Waals surface area contributed by atoms with Gasteiger partial charge in [0, 0.05) is 6.20 Å². The van der Waals surface area contributed by atoms with Gasteiger partial charge in [-0.3, -0.25) is 9.36 Å². The minimum absolute atomic E-state index is 0.0864. The number of aromatic nitrogens is 3. The van der Waals surface area contributed by atoms with Crippen LogP contribution in [-0.2, 0) is 16.1 Å². The summed E-state index contributed by atoms with van der Waals surface area (Å²) in [4.78, 5) is 27.4. The van der Waals surface area contributed by atoms with E-state index in [0.29, 0.717) is 16.0 Å². The number of ether oxygens (including phenoxy) is 1. The summed E-state index contributed by atoms with van der Waals surface area (Å²) in [6, 6.07) is 1.68. The highest BCUT2D eigenvalue weighted by Gasteiger charge is 2.09. The number of fused-ring (bicyclic) bond motifs is 1. The first-order chi connectivity index (χ1) is 8.13. The van der Waals surface area contributed by atoms with E-state index in [2.05, 4.69) is 4.98 Å². The lowest BCUT2D eigenvalue weighted by Crippen LogP contribution is -2.30. The van der Waals surface area contributed by atoms with E-state index in [1.807, 2.05) is 22.6 Å². The molecule has 0 N–H and O–H groups in total. The molecule has 0 aliphatic rings. The fourth-order valence-electron chi connectivity index (χ4n) is 1.47. The zero-order chi connectivity index (χ0) is 12.4. The first-order valence-electron chi connectivity index (χ1n) is 5.01. The maximum atomic E-state index is 12.0. The molecule has 0 amide bonds.